The Balaban J connectivity index is 1.36. The molecule has 6 nitrogen and oxygen atoms in total. The van der Waals surface area contributed by atoms with Crippen LogP contribution in [0.15, 0.2) is 4.79 Å². The Morgan fingerprint density at radius 1 is 1.18 bits per heavy atom. The van der Waals surface area contributed by atoms with Crippen LogP contribution >= 0.6 is 11.3 Å². The molecule has 2 aromatic heterocycles. The van der Waals surface area contributed by atoms with Crippen molar-refractivity contribution in [3.63, 3.8) is 0 Å². The Hall–Kier alpha value is -1.73. The van der Waals surface area contributed by atoms with Crippen LogP contribution in [0.4, 0.5) is 0 Å². The van der Waals surface area contributed by atoms with E-state index < -0.39 is 0 Å². The summed E-state index contributed by atoms with van der Waals surface area (Å²) in [5, 5.41) is 3.82. The van der Waals surface area contributed by atoms with E-state index >= 15 is 0 Å². The monoisotopic (exact) mass is 400 g/mol. The van der Waals surface area contributed by atoms with Gasteiger partial charge in [-0.3, -0.25) is 14.2 Å². The van der Waals surface area contributed by atoms with E-state index in [0.717, 1.165) is 42.1 Å². The summed E-state index contributed by atoms with van der Waals surface area (Å²) in [6.45, 7) is 5.79. The highest BCUT2D eigenvalue weighted by molar-refractivity contribution is 7.20. The van der Waals surface area contributed by atoms with Gasteiger partial charge < -0.3 is 10.2 Å². The molecule has 2 atom stereocenters. The van der Waals surface area contributed by atoms with Crippen molar-refractivity contribution in [1.82, 2.24) is 19.8 Å². The fraction of sp³-hybridized carbons (Fsp3) is 0.667. The molecule has 2 fully saturated rings. The third kappa shape index (κ3) is 2.99. The molecule has 0 bridgehead atoms. The summed E-state index contributed by atoms with van der Waals surface area (Å²) >= 11 is 1.37. The van der Waals surface area contributed by atoms with E-state index in [1.54, 1.807) is 4.57 Å². The average molecular weight is 401 g/mol. The maximum Gasteiger partial charge on any atom is 0.262 e. The average Bonchev–Trinajstić information content (AvgIpc) is 3.31. The number of piperidine rings is 2. The number of rotatable bonds is 3. The molecule has 150 valence electrons. The van der Waals surface area contributed by atoms with Crippen molar-refractivity contribution in [3.05, 3.63) is 26.6 Å². The first-order valence-corrected chi connectivity index (χ1v) is 11.5. The van der Waals surface area contributed by atoms with Gasteiger partial charge in [-0.25, -0.2) is 4.98 Å². The van der Waals surface area contributed by atoms with Gasteiger partial charge in [0.25, 0.3) is 11.5 Å². The Morgan fingerprint density at radius 2 is 2.04 bits per heavy atom. The summed E-state index contributed by atoms with van der Waals surface area (Å²) < 4.78 is 1.78. The highest BCUT2D eigenvalue weighted by Crippen LogP contribution is 2.31. The van der Waals surface area contributed by atoms with E-state index in [4.69, 9.17) is 0 Å². The number of nitrogens with one attached hydrogen (secondary N) is 1. The largest absolute Gasteiger partial charge is 0.351 e. The maximum absolute atomic E-state index is 13.0. The molecule has 0 aromatic carbocycles. The zero-order valence-corrected chi connectivity index (χ0v) is 17.3. The Morgan fingerprint density at radius 3 is 2.93 bits per heavy atom. The first-order valence-electron chi connectivity index (χ1n) is 10.7. The number of hydrogen-bond donors (Lipinski definition) is 1. The molecule has 1 amide bonds. The van der Waals surface area contributed by atoms with E-state index in [1.807, 2.05) is 6.92 Å². The lowest BCUT2D eigenvalue weighted by Crippen LogP contribution is -2.50. The first-order chi connectivity index (χ1) is 13.6. The molecule has 0 unspecified atom stereocenters. The minimum absolute atomic E-state index is 0.0235. The van der Waals surface area contributed by atoms with E-state index in [2.05, 4.69) is 15.2 Å². The van der Waals surface area contributed by atoms with Gasteiger partial charge in [-0.05, 0) is 63.6 Å². The number of hydrogen-bond acceptors (Lipinski definition) is 5. The SMILES string of the molecule is Cc1c(C(=O)NC[C@H]2CCCN3CCCC[C@H]23)sc2nc3n(c(=O)c12)CCC3. The number of thiophene rings is 1. The minimum Gasteiger partial charge on any atom is -0.351 e. The van der Waals surface area contributed by atoms with Gasteiger partial charge >= 0.3 is 0 Å². The molecule has 5 heterocycles. The van der Waals surface area contributed by atoms with E-state index in [-0.39, 0.29) is 11.5 Å². The molecule has 0 saturated carbocycles. The van der Waals surface area contributed by atoms with Gasteiger partial charge in [0.05, 0.1) is 10.3 Å². The molecule has 0 radical (unpaired) electrons. The quantitative estimate of drug-likeness (QED) is 0.860. The summed E-state index contributed by atoms with van der Waals surface area (Å²) in [5.74, 6) is 1.36. The van der Waals surface area contributed by atoms with E-state index in [0.29, 0.717) is 22.2 Å². The van der Waals surface area contributed by atoms with Crippen LogP contribution in [0.5, 0.6) is 0 Å². The number of nitrogens with zero attached hydrogens (tertiary/aromatic N) is 3. The molecule has 28 heavy (non-hydrogen) atoms. The summed E-state index contributed by atoms with van der Waals surface area (Å²) in [6.07, 6.45) is 8.13. The molecule has 0 aliphatic carbocycles. The smallest absolute Gasteiger partial charge is 0.262 e. The second kappa shape index (κ2) is 7.26. The number of fused-ring (bicyclic) bond motifs is 3. The summed E-state index contributed by atoms with van der Waals surface area (Å²) in [4.78, 5) is 34.5. The van der Waals surface area contributed by atoms with Crippen LogP contribution in [0.25, 0.3) is 10.2 Å². The molecule has 3 aliphatic rings. The van der Waals surface area contributed by atoms with E-state index in [1.165, 1.54) is 56.5 Å². The number of carbonyl (C=O) groups excluding carboxylic acids is 1. The van der Waals surface area contributed by atoms with Gasteiger partial charge in [0.1, 0.15) is 10.7 Å². The van der Waals surface area contributed by atoms with Crippen molar-refractivity contribution >= 4 is 27.5 Å². The molecule has 0 spiro atoms. The number of aromatic nitrogens is 2. The lowest BCUT2D eigenvalue weighted by atomic mass is 9.83. The predicted molar refractivity (Wildman–Crippen MR) is 111 cm³/mol. The molecule has 7 heteroatoms. The van der Waals surface area contributed by atoms with Crippen molar-refractivity contribution < 1.29 is 4.79 Å². The van der Waals surface area contributed by atoms with Crippen LogP contribution < -0.4 is 10.9 Å². The fourth-order valence-electron chi connectivity index (χ4n) is 5.41. The zero-order chi connectivity index (χ0) is 19.3. The van der Waals surface area contributed by atoms with Crippen molar-refractivity contribution in [1.29, 1.82) is 0 Å². The van der Waals surface area contributed by atoms with Gasteiger partial charge in [-0.1, -0.05) is 6.42 Å². The zero-order valence-electron chi connectivity index (χ0n) is 16.5. The molecule has 5 rings (SSSR count). The normalized spacial score (nSPS) is 24.9. The van der Waals surface area contributed by atoms with Crippen molar-refractivity contribution in [2.24, 2.45) is 5.92 Å². The number of carbonyl (C=O) groups is 1. The second-order valence-corrected chi connectivity index (χ2v) is 9.54. The second-order valence-electron chi connectivity index (χ2n) is 8.54. The van der Waals surface area contributed by atoms with Crippen LogP contribution in [0, 0.1) is 12.8 Å². The number of amides is 1. The van der Waals surface area contributed by atoms with Crippen LogP contribution in [0.2, 0.25) is 0 Å². The van der Waals surface area contributed by atoms with E-state index in [9.17, 15) is 9.59 Å². The Bertz CT molecular complexity index is 977. The molecular formula is C21H28N4O2S. The third-order valence-electron chi connectivity index (χ3n) is 6.87. The predicted octanol–water partition coefficient (Wildman–Crippen LogP) is 2.71. The van der Waals surface area contributed by atoms with Gasteiger partial charge in [-0.2, -0.15) is 0 Å². The number of aryl methyl sites for hydroxylation is 2. The lowest BCUT2D eigenvalue weighted by molar-refractivity contribution is 0.0576. The standard InChI is InChI=1S/C21H28N4O2S/c1-13-17-20(23-16-8-5-11-25(16)21(17)27)28-18(13)19(26)22-12-14-6-4-10-24-9-3-2-7-15(14)24/h14-15H,2-12H2,1H3,(H,22,26)/t14-,15-/m1/s1. The van der Waals surface area contributed by atoms with Crippen LogP contribution in [0.1, 0.15) is 59.6 Å². The molecule has 2 saturated heterocycles. The first kappa shape index (κ1) is 18.3. The van der Waals surface area contributed by atoms with Crippen LogP contribution in [0.3, 0.4) is 0 Å². The van der Waals surface area contributed by atoms with Crippen LogP contribution in [-0.4, -0.2) is 46.0 Å². The topological polar surface area (TPSA) is 67.2 Å². The van der Waals surface area contributed by atoms with Crippen molar-refractivity contribution in [3.8, 4) is 0 Å². The summed E-state index contributed by atoms with van der Waals surface area (Å²) in [6, 6.07) is 0.626. The fourth-order valence-corrected chi connectivity index (χ4v) is 6.52. The summed E-state index contributed by atoms with van der Waals surface area (Å²) in [7, 11) is 0. The van der Waals surface area contributed by atoms with Gasteiger partial charge in [-0.15, -0.1) is 11.3 Å². The highest BCUT2D eigenvalue weighted by Gasteiger charge is 2.33. The Labute approximate surface area is 168 Å². The lowest BCUT2D eigenvalue weighted by Gasteiger charge is -2.44. The molecule has 1 N–H and O–H groups in total. The molecular weight excluding hydrogens is 372 g/mol. The van der Waals surface area contributed by atoms with Gasteiger partial charge in [0.15, 0.2) is 0 Å². The van der Waals surface area contributed by atoms with Gasteiger partial charge in [0.2, 0.25) is 0 Å². The van der Waals surface area contributed by atoms with Crippen molar-refractivity contribution in [2.75, 3.05) is 19.6 Å². The summed E-state index contributed by atoms with van der Waals surface area (Å²) in [5.41, 5.74) is 0.815. The minimum atomic E-state index is -0.0435. The highest BCUT2D eigenvalue weighted by atomic mass is 32.1. The van der Waals surface area contributed by atoms with Crippen molar-refractivity contribution in [2.45, 2.75) is 64.5 Å². The van der Waals surface area contributed by atoms with Crippen LogP contribution in [-0.2, 0) is 13.0 Å². The molecule has 2 aromatic rings. The maximum atomic E-state index is 13.0. The Kier molecular flexibility index (Phi) is 4.75. The third-order valence-corrected chi connectivity index (χ3v) is 8.06. The van der Waals surface area contributed by atoms with Gasteiger partial charge in [0, 0.05) is 25.6 Å². The molecule has 3 aliphatic heterocycles.